The highest BCUT2D eigenvalue weighted by atomic mass is 16.5. The van der Waals surface area contributed by atoms with Crippen LogP contribution < -0.4 is 10.6 Å². The number of hydrogen-bond acceptors (Lipinski definition) is 5. The molecule has 0 saturated carbocycles. The van der Waals surface area contributed by atoms with Gasteiger partial charge in [-0.3, -0.25) is 4.79 Å². The topological polar surface area (TPSA) is 114 Å². The van der Waals surface area contributed by atoms with Crippen LogP contribution >= 0.6 is 0 Å². The summed E-state index contributed by atoms with van der Waals surface area (Å²) in [6.07, 6.45) is 0.160. The van der Waals surface area contributed by atoms with Crippen LogP contribution in [0.3, 0.4) is 0 Å². The first-order valence-electron chi connectivity index (χ1n) is 11.0. The number of alkyl carbamates (subject to hydrolysis) is 1. The Morgan fingerprint density at radius 1 is 1.03 bits per heavy atom. The van der Waals surface area contributed by atoms with Gasteiger partial charge in [-0.1, -0.05) is 55.5 Å². The number of ether oxygens (including phenoxy) is 2. The van der Waals surface area contributed by atoms with E-state index in [1.807, 2.05) is 36.4 Å². The summed E-state index contributed by atoms with van der Waals surface area (Å²) in [5.74, 6) is -2.21. The molecule has 0 spiro atoms. The second-order valence-corrected chi connectivity index (χ2v) is 8.14. The molecule has 0 heterocycles. The smallest absolute Gasteiger partial charge is 0.407 e. The van der Waals surface area contributed by atoms with Gasteiger partial charge in [0.05, 0.1) is 5.92 Å². The number of hydrogen-bond donors (Lipinski definition) is 3. The molecule has 8 heteroatoms. The van der Waals surface area contributed by atoms with Gasteiger partial charge in [-0.2, -0.15) is 0 Å². The van der Waals surface area contributed by atoms with E-state index in [9.17, 15) is 19.5 Å². The van der Waals surface area contributed by atoms with Crippen LogP contribution in [0.25, 0.3) is 11.1 Å². The number of benzene rings is 2. The molecule has 33 heavy (non-hydrogen) atoms. The Labute approximate surface area is 193 Å². The summed E-state index contributed by atoms with van der Waals surface area (Å²) in [4.78, 5) is 36.0. The van der Waals surface area contributed by atoms with E-state index in [1.54, 1.807) is 6.92 Å². The highest BCUT2D eigenvalue weighted by Crippen LogP contribution is 2.44. The Kier molecular flexibility index (Phi) is 8.43. The molecule has 1 aliphatic rings. The van der Waals surface area contributed by atoms with Crippen LogP contribution in [-0.2, 0) is 19.1 Å². The Hall–Kier alpha value is -3.39. The molecule has 0 radical (unpaired) electrons. The van der Waals surface area contributed by atoms with E-state index in [-0.39, 0.29) is 25.5 Å². The third kappa shape index (κ3) is 6.10. The summed E-state index contributed by atoms with van der Waals surface area (Å²) in [6, 6.07) is 15.1. The van der Waals surface area contributed by atoms with Gasteiger partial charge in [-0.05, 0) is 35.1 Å². The zero-order chi connectivity index (χ0) is 23.8. The SMILES string of the molecule is COCCCC(NC(=O)C(C)CNC(=O)OCC1c2ccccc2-c2ccccc21)C(=O)O. The molecule has 2 aromatic carbocycles. The maximum atomic E-state index is 12.3. The first-order valence-corrected chi connectivity index (χ1v) is 11.0. The Balaban J connectivity index is 1.48. The second kappa shape index (κ2) is 11.5. The number of aliphatic carboxylic acids is 1. The van der Waals surface area contributed by atoms with Gasteiger partial charge in [-0.25, -0.2) is 9.59 Å². The van der Waals surface area contributed by atoms with Gasteiger partial charge in [0.2, 0.25) is 5.91 Å². The van der Waals surface area contributed by atoms with Crippen molar-refractivity contribution in [2.24, 2.45) is 5.92 Å². The molecular weight excluding hydrogens is 424 g/mol. The number of nitrogens with one attached hydrogen (secondary N) is 2. The van der Waals surface area contributed by atoms with Crippen LogP contribution in [-0.4, -0.2) is 56.0 Å². The molecule has 3 rings (SSSR count). The lowest BCUT2D eigenvalue weighted by atomic mass is 9.98. The maximum absolute atomic E-state index is 12.3. The first kappa shape index (κ1) is 24.3. The number of carboxylic acids is 1. The minimum atomic E-state index is -1.10. The van der Waals surface area contributed by atoms with Gasteiger partial charge in [0.1, 0.15) is 12.6 Å². The number of fused-ring (bicyclic) bond motifs is 3. The van der Waals surface area contributed by atoms with Crippen molar-refractivity contribution in [1.29, 1.82) is 0 Å². The van der Waals surface area contributed by atoms with Crippen molar-refractivity contribution < 1.29 is 29.0 Å². The van der Waals surface area contributed by atoms with E-state index >= 15 is 0 Å². The molecule has 3 N–H and O–H groups in total. The van der Waals surface area contributed by atoms with Crippen molar-refractivity contribution in [1.82, 2.24) is 10.6 Å². The van der Waals surface area contributed by atoms with Crippen LogP contribution in [0.2, 0.25) is 0 Å². The molecule has 0 fully saturated rings. The number of amides is 2. The van der Waals surface area contributed by atoms with E-state index in [2.05, 4.69) is 22.8 Å². The molecule has 0 aromatic heterocycles. The summed E-state index contributed by atoms with van der Waals surface area (Å²) in [5, 5.41) is 14.4. The minimum Gasteiger partial charge on any atom is -0.480 e. The monoisotopic (exact) mass is 454 g/mol. The quantitative estimate of drug-likeness (QED) is 0.450. The number of carbonyl (C=O) groups is 3. The van der Waals surface area contributed by atoms with E-state index in [4.69, 9.17) is 9.47 Å². The Morgan fingerprint density at radius 2 is 1.64 bits per heavy atom. The van der Waals surface area contributed by atoms with Crippen LogP contribution in [0.1, 0.15) is 36.8 Å². The van der Waals surface area contributed by atoms with E-state index in [0.717, 1.165) is 22.3 Å². The number of carbonyl (C=O) groups excluding carboxylic acids is 2. The Bertz CT molecular complexity index is 947. The van der Waals surface area contributed by atoms with Gasteiger partial charge in [-0.15, -0.1) is 0 Å². The predicted octanol–water partition coefficient (Wildman–Crippen LogP) is 3.16. The average Bonchev–Trinajstić information content (AvgIpc) is 3.14. The van der Waals surface area contributed by atoms with E-state index in [1.165, 1.54) is 7.11 Å². The van der Waals surface area contributed by atoms with Gasteiger partial charge in [0, 0.05) is 26.2 Å². The molecule has 2 atom stereocenters. The third-order valence-corrected chi connectivity index (χ3v) is 5.80. The standard InChI is InChI=1S/C25H30N2O6/c1-16(23(28)27-22(24(29)30)12-7-13-32-2)14-26-25(31)33-15-21-19-10-5-3-8-17(19)18-9-4-6-11-20(18)21/h3-6,8-11,16,21-22H,7,12-15H2,1-2H3,(H,26,31)(H,27,28)(H,29,30). The summed E-state index contributed by atoms with van der Waals surface area (Å²) in [5.41, 5.74) is 4.52. The van der Waals surface area contributed by atoms with E-state index < -0.39 is 29.9 Å². The summed E-state index contributed by atoms with van der Waals surface area (Å²) in [7, 11) is 1.53. The predicted molar refractivity (Wildman–Crippen MR) is 123 cm³/mol. The van der Waals surface area contributed by atoms with Crippen molar-refractivity contribution in [2.45, 2.75) is 31.7 Å². The van der Waals surface area contributed by atoms with Gasteiger partial charge < -0.3 is 25.2 Å². The fourth-order valence-electron chi connectivity index (χ4n) is 3.98. The highest BCUT2D eigenvalue weighted by molar-refractivity contribution is 5.85. The molecule has 2 aromatic rings. The van der Waals surface area contributed by atoms with Crippen LogP contribution in [0.15, 0.2) is 48.5 Å². The lowest BCUT2D eigenvalue weighted by Gasteiger charge is -2.18. The van der Waals surface area contributed by atoms with Crippen molar-refractivity contribution in [2.75, 3.05) is 26.9 Å². The molecule has 0 bridgehead atoms. The minimum absolute atomic E-state index is 0.0346. The lowest BCUT2D eigenvalue weighted by Crippen LogP contribution is -2.45. The zero-order valence-corrected chi connectivity index (χ0v) is 18.9. The normalized spacial score (nSPS) is 14.0. The van der Waals surface area contributed by atoms with Crippen LogP contribution in [0, 0.1) is 5.92 Å². The number of rotatable bonds is 11. The van der Waals surface area contributed by atoms with Gasteiger partial charge >= 0.3 is 12.1 Å². The fraction of sp³-hybridized carbons (Fsp3) is 0.400. The third-order valence-electron chi connectivity index (χ3n) is 5.80. The highest BCUT2D eigenvalue weighted by Gasteiger charge is 2.29. The molecule has 8 nitrogen and oxygen atoms in total. The second-order valence-electron chi connectivity index (χ2n) is 8.14. The van der Waals surface area contributed by atoms with Gasteiger partial charge in [0.25, 0.3) is 0 Å². The van der Waals surface area contributed by atoms with Crippen LogP contribution in [0.5, 0.6) is 0 Å². The molecule has 0 aliphatic heterocycles. The van der Waals surface area contributed by atoms with E-state index in [0.29, 0.717) is 13.0 Å². The number of carboxylic acid groups (broad SMARTS) is 1. The molecular formula is C25H30N2O6. The number of methoxy groups -OCH3 is 1. The summed E-state index contributed by atoms with van der Waals surface area (Å²) >= 11 is 0. The first-order chi connectivity index (χ1) is 15.9. The lowest BCUT2D eigenvalue weighted by molar-refractivity contribution is -0.142. The molecule has 1 aliphatic carbocycles. The van der Waals surface area contributed by atoms with Gasteiger partial charge in [0.15, 0.2) is 0 Å². The molecule has 0 saturated heterocycles. The average molecular weight is 455 g/mol. The largest absolute Gasteiger partial charge is 0.480 e. The molecule has 2 unspecified atom stereocenters. The molecule has 176 valence electrons. The van der Waals surface area contributed by atoms with Crippen molar-refractivity contribution in [3.63, 3.8) is 0 Å². The van der Waals surface area contributed by atoms with Crippen molar-refractivity contribution in [3.8, 4) is 11.1 Å². The van der Waals surface area contributed by atoms with Crippen LogP contribution in [0.4, 0.5) is 4.79 Å². The molecule has 2 amide bonds. The Morgan fingerprint density at radius 3 is 2.21 bits per heavy atom. The van der Waals surface area contributed by atoms with Crippen molar-refractivity contribution >= 4 is 18.0 Å². The summed E-state index contributed by atoms with van der Waals surface area (Å²) < 4.78 is 10.4. The van der Waals surface area contributed by atoms with Crippen molar-refractivity contribution in [3.05, 3.63) is 59.7 Å². The maximum Gasteiger partial charge on any atom is 0.407 e. The zero-order valence-electron chi connectivity index (χ0n) is 18.9. The fourth-order valence-corrected chi connectivity index (χ4v) is 3.98. The summed E-state index contributed by atoms with van der Waals surface area (Å²) in [6.45, 7) is 2.25.